The molecule has 2 unspecified atom stereocenters. The Morgan fingerprint density at radius 2 is 2.25 bits per heavy atom. The predicted molar refractivity (Wildman–Crippen MR) is 73.1 cm³/mol. The molecule has 2 nitrogen and oxygen atoms in total. The second kappa shape index (κ2) is 4.94. The monoisotopic (exact) mass is 302 g/mol. The molecule has 1 aromatic carbocycles. The van der Waals surface area contributed by atoms with Crippen LogP contribution in [0, 0.1) is 5.92 Å². The van der Waals surface area contributed by atoms with Crippen LogP contribution >= 0.6 is 27.5 Å². The maximum absolute atomic E-state index is 6.02. The summed E-state index contributed by atoms with van der Waals surface area (Å²) >= 11 is 9.50. The van der Waals surface area contributed by atoms with E-state index < -0.39 is 0 Å². The molecule has 1 aromatic rings. The van der Waals surface area contributed by atoms with E-state index in [-0.39, 0.29) is 0 Å². The molecule has 1 aliphatic heterocycles. The third-order valence-corrected chi connectivity index (χ3v) is 4.09. The quantitative estimate of drug-likeness (QED) is 0.863. The van der Waals surface area contributed by atoms with Crippen molar-refractivity contribution in [2.24, 2.45) is 11.7 Å². The molecule has 1 aliphatic rings. The van der Waals surface area contributed by atoms with E-state index in [9.17, 15) is 0 Å². The largest absolute Gasteiger partial charge is 0.370 e. The molecule has 0 aliphatic carbocycles. The van der Waals surface area contributed by atoms with E-state index in [1.54, 1.807) is 0 Å². The molecule has 0 saturated carbocycles. The summed E-state index contributed by atoms with van der Waals surface area (Å²) in [5.41, 5.74) is 7.23. The highest BCUT2D eigenvalue weighted by atomic mass is 79.9. The number of hydrogen-bond donors (Lipinski definition) is 1. The molecule has 16 heavy (non-hydrogen) atoms. The second-order valence-electron chi connectivity index (χ2n) is 4.47. The molecule has 4 heteroatoms. The molecule has 0 aromatic heterocycles. The first-order valence-corrected chi connectivity index (χ1v) is 6.70. The Morgan fingerprint density at radius 3 is 2.88 bits per heavy atom. The van der Waals surface area contributed by atoms with Gasteiger partial charge in [0, 0.05) is 28.6 Å². The predicted octanol–water partition coefficient (Wildman–Crippen LogP) is 3.28. The molecule has 2 atom stereocenters. The Kier molecular flexibility index (Phi) is 3.77. The Balaban J connectivity index is 2.18. The van der Waals surface area contributed by atoms with E-state index in [2.05, 4.69) is 33.8 Å². The summed E-state index contributed by atoms with van der Waals surface area (Å²) in [4.78, 5) is 2.37. The molecule has 88 valence electrons. The molecule has 0 spiro atoms. The summed E-state index contributed by atoms with van der Waals surface area (Å²) < 4.78 is 1.06. The average Bonchev–Trinajstić information content (AvgIpc) is 2.22. The maximum atomic E-state index is 6.02. The van der Waals surface area contributed by atoms with E-state index in [0.717, 1.165) is 29.0 Å². The molecule has 1 saturated heterocycles. The molecule has 2 N–H and O–H groups in total. The number of anilines is 1. The fourth-order valence-electron chi connectivity index (χ4n) is 2.12. The lowest BCUT2D eigenvalue weighted by Crippen LogP contribution is -2.46. The Bertz CT molecular complexity index is 383. The number of benzene rings is 1. The summed E-state index contributed by atoms with van der Waals surface area (Å²) in [5, 5.41) is 0.761. The van der Waals surface area contributed by atoms with Crippen LogP contribution in [0.15, 0.2) is 22.7 Å². The van der Waals surface area contributed by atoms with Crippen molar-refractivity contribution in [3.63, 3.8) is 0 Å². The van der Waals surface area contributed by atoms with Crippen LogP contribution < -0.4 is 10.6 Å². The number of rotatable bonds is 1. The number of hydrogen-bond acceptors (Lipinski definition) is 2. The Labute approximate surface area is 110 Å². The van der Waals surface area contributed by atoms with E-state index in [1.165, 1.54) is 5.69 Å². The zero-order chi connectivity index (χ0) is 11.7. The van der Waals surface area contributed by atoms with Gasteiger partial charge >= 0.3 is 0 Å². The summed E-state index contributed by atoms with van der Waals surface area (Å²) in [6.45, 7) is 4.24. The van der Waals surface area contributed by atoms with Crippen LogP contribution in [-0.4, -0.2) is 19.1 Å². The lowest BCUT2D eigenvalue weighted by molar-refractivity contribution is 0.382. The fraction of sp³-hybridized carbons (Fsp3) is 0.500. The van der Waals surface area contributed by atoms with Gasteiger partial charge in [0.1, 0.15) is 0 Å². The second-order valence-corrected chi connectivity index (χ2v) is 5.76. The molecular formula is C12H16BrClN2. The van der Waals surface area contributed by atoms with Gasteiger partial charge in [0.2, 0.25) is 0 Å². The summed E-state index contributed by atoms with van der Waals surface area (Å²) in [7, 11) is 0. The first kappa shape index (κ1) is 12.2. The van der Waals surface area contributed by atoms with Gasteiger partial charge in [-0.1, -0.05) is 18.5 Å². The van der Waals surface area contributed by atoms with Crippen molar-refractivity contribution < 1.29 is 0 Å². The van der Waals surface area contributed by atoms with Crippen LogP contribution in [0.2, 0.25) is 5.02 Å². The topological polar surface area (TPSA) is 29.3 Å². The van der Waals surface area contributed by atoms with Gasteiger partial charge in [0.15, 0.2) is 0 Å². The highest BCUT2D eigenvalue weighted by Gasteiger charge is 2.24. The van der Waals surface area contributed by atoms with Crippen molar-refractivity contribution in [1.82, 2.24) is 0 Å². The van der Waals surface area contributed by atoms with Gasteiger partial charge in [-0.05, 0) is 46.5 Å². The molecule has 0 bridgehead atoms. The highest BCUT2D eigenvalue weighted by Crippen LogP contribution is 2.31. The summed E-state index contributed by atoms with van der Waals surface area (Å²) in [6.07, 6.45) is 1.05. The molecule has 1 heterocycles. The minimum Gasteiger partial charge on any atom is -0.370 e. The zero-order valence-electron chi connectivity index (χ0n) is 9.29. The molecular weight excluding hydrogens is 288 g/mol. The van der Waals surface area contributed by atoms with Crippen molar-refractivity contribution >= 4 is 33.2 Å². The fourth-order valence-corrected chi connectivity index (χ4v) is 3.05. The summed E-state index contributed by atoms with van der Waals surface area (Å²) in [6, 6.07) is 6.27. The maximum Gasteiger partial charge on any atom is 0.0511 e. The first-order valence-electron chi connectivity index (χ1n) is 5.53. The average molecular weight is 304 g/mol. The highest BCUT2D eigenvalue weighted by molar-refractivity contribution is 9.10. The van der Waals surface area contributed by atoms with Crippen LogP contribution in [-0.2, 0) is 0 Å². The smallest absolute Gasteiger partial charge is 0.0511 e. The van der Waals surface area contributed by atoms with Gasteiger partial charge in [-0.25, -0.2) is 0 Å². The molecule has 0 amide bonds. The molecule has 2 rings (SSSR count). The third kappa shape index (κ3) is 2.53. The van der Waals surface area contributed by atoms with Crippen LogP contribution in [0.1, 0.15) is 13.3 Å². The van der Waals surface area contributed by atoms with E-state index in [1.807, 2.05) is 12.1 Å². The number of piperidine rings is 1. The Hall–Kier alpha value is -0.250. The standard InChI is InChI=1S/C12H16BrClN2/c1-8-7-16(5-4-11(8)15)12-3-2-9(14)6-10(12)13/h2-3,6,8,11H,4-5,7,15H2,1H3. The van der Waals surface area contributed by atoms with E-state index in [4.69, 9.17) is 17.3 Å². The minimum absolute atomic E-state index is 0.335. The van der Waals surface area contributed by atoms with Crippen molar-refractivity contribution in [1.29, 1.82) is 0 Å². The zero-order valence-corrected chi connectivity index (χ0v) is 11.6. The first-order chi connectivity index (χ1) is 7.58. The van der Waals surface area contributed by atoms with Gasteiger partial charge in [-0.3, -0.25) is 0 Å². The minimum atomic E-state index is 0.335. The lowest BCUT2D eigenvalue weighted by atomic mass is 9.94. The van der Waals surface area contributed by atoms with Gasteiger partial charge in [-0.15, -0.1) is 0 Å². The van der Waals surface area contributed by atoms with Crippen LogP contribution in [0.3, 0.4) is 0 Å². The number of halogens is 2. The van der Waals surface area contributed by atoms with Crippen molar-refractivity contribution in [2.45, 2.75) is 19.4 Å². The molecule has 0 radical (unpaired) electrons. The van der Waals surface area contributed by atoms with Crippen molar-refractivity contribution in [2.75, 3.05) is 18.0 Å². The third-order valence-electron chi connectivity index (χ3n) is 3.22. The van der Waals surface area contributed by atoms with Crippen LogP contribution in [0.5, 0.6) is 0 Å². The lowest BCUT2D eigenvalue weighted by Gasteiger charge is -2.37. The summed E-state index contributed by atoms with van der Waals surface area (Å²) in [5.74, 6) is 0.538. The normalized spacial score (nSPS) is 25.9. The SMILES string of the molecule is CC1CN(c2ccc(Cl)cc2Br)CCC1N. The van der Waals surface area contributed by atoms with Gasteiger partial charge in [0.25, 0.3) is 0 Å². The van der Waals surface area contributed by atoms with Crippen molar-refractivity contribution in [3.8, 4) is 0 Å². The van der Waals surface area contributed by atoms with Crippen LogP contribution in [0.4, 0.5) is 5.69 Å². The van der Waals surface area contributed by atoms with Gasteiger partial charge in [0.05, 0.1) is 5.69 Å². The number of nitrogens with two attached hydrogens (primary N) is 1. The van der Waals surface area contributed by atoms with E-state index in [0.29, 0.717) is 12.0 Å². The Morgan fingerprint density at radius 1 is 1.50 bits per heavy atom. The van der Waals surface area contributed by atoms with Crippen LogP contribution in [0.25, 0.3) is 0 Å². The number of nitrogens with zero attached hydrogens (tertiary/aromatic N) is 1. The van der Waals surface area contributed by atoms with Crippen molar-refractivity contribution in [3.05, 3.63) is 27.7 Å². The van der Waals surface area contributed by atoms with E-state index >= 15 is 0 Å². The van der Waals surface area contributed by atoms with Gasteiger partial charge < -0.3 is 10.6 Å². The molecule has 1 fully saturated rings. The van der Waals surface area contributed by atoms with Gasteiger partial charge in [-0.2, -0.15) is 0 Å².